The molecule has 2 heteroatoms. The standard InChI is InChI=1S/C18H22O2/c1-13-7-5-6-8-15(13)9-10-18(20)14(2)11-16(19)12-17(18,3)4/h5-11,20H,12H2,1-4H3/b10-9+. The summed E-state index contributed by atoms with van der Waals surface area (Å²) in [7, 11) is 0. The van der Waals surface area contributed by atoms with Gasteiger partial charge in [-0.05, 0) is 42.7 Å². The molecule has 0 bridgehead atoms. The van der Waals surface area contributed by atoms with Crippen LogP contribution in [0.15, 0.2) is 42.0 Å². The third-order valence-electron chi connectivity index (χ3n) is 4.32. The van der Waals surface area contributed by atoms with Crippen LogP contribution >= 0.6 is 0 Å². The van der Waals surface area contributed by atoms with Crippen molar-refractivity contribution in [3.8, 4) is 0 Å². The Morgan fingerprint density at radius 1 is 1.20 bits per heavy atom. The molecule has 0 heterocycles. The first kappa shape index (κ1) is 14.7. The first-order valence-electron chi connectivity index (χ1n) is 6.95. The number of carbonyl (C=O) groups is 1. The first-order valence-corrected chi connectivity index (χ1v) is 6.95. The van der Waals surface area contributed by atoms with E-state index in [9.17, 15) is 9.90 Å². The molecule has 1 N–H and O–H groups in total. The van der Waals surface area contributed by atoms with E-state index in [2.05, 4.69) is 0 Å². The van der Waals surface area contributed by atoms with E-state index in [1.54, 1.807) is 6.08 Å². The van der Waals surface area contributed by atoms with Crippen LogP contribution in [0.1, 0.15) is 38.3 Å². The van der Waals surface area contributed by atoms with Gasteiger partial charge in [-0.2, -0.15) is 0 Å². The number of hydrogen-bond acceptors (Lipinski definition) is 2. The van der Waals surface area contributed by atoms with Crippen LogP contribution in [0.3, 0.4) is 0 Å². The molecular formula is C18H22O2. The van der Waals surface area contributed by atoms with Crippen LogP contribution < -0.4 is 0 Å². The minimum absolute atomic E-state index is 0.0847. The van der Waals surface area contributed by atoms with E-state index in [1.165, 1.54) is 5.56 Å². The summed E-state index contributed by atoms with van der Waals surface area (Å²) < 4.78 is 0. The number of ketones is 1. The fraction of sp³-hybridized carbons (Fsp3) is 0.389. The highest BCUT2D eigenvalue weighted by molar-refractivity contribution is 5.93. The average Bonchev–Trinajstić information content (AvgIpc) is 2.34. The van der Waals surface area contributed by atoms with Gasteiger partial charge in [-0.3, -0.25) is 4.79 Å². The average molecular weight is 270 g/mol. The molecule has 0 amide bonds. The molecule has 1 unspecified atom stereocenters. The van der Waals surface area contributed by atoms with Crippen molar-refractivity contribution in [2.75, 3.05) is 0 Å². The van der Waals surface area contributed by atoms with Gasteiger partial charge in [0.25, 0.3) is 0 Å². The molecule has 0 aromatic heterocycles. The Bertz CT molecular complexity index is 593. The maximum atomic E-state index is 11.7. The number of rotatable bonds is 2. The van der Waals surface area contributed by atoms with Crippen molar-refractivity contribution in [1.29, 1.82) is 0 Å². The molecule has 0 saturated heterocycles. The Morgan fingerprint density at radius 3 is 2.45 bits per heavy atom. The Kier molecular flexibility index (Phi) is 3.70. The summed E-state index contributed by atoms with van der Waals surface area (Å²) >= 11 is 0. The maximum absolute atomic E-state index is 11.7. The van der Waals surface area contributed by atoms with E-state index >= 15 is 0 Å². The van der Waals surface area contributed by atoms with Crippen molar-refractivity contribution in [2.45, 2.75) is 39.7 Å². The predicted molar refractivity (Wildman–Crippen MR) is 82.3 cm³/mol. The van der Waals surface area contributed by atoms with Crippen LogP contribution in [0.5, 0.6) is 0 Å². The molecule has 0 spiro atoms. The van der Waals surface area contributed by atoms with Gasteiger partial charge in [0, 0.05) is 11.8 Å². The summed E-state index contributed by atoms with van der Waals surface area (Å²) in [6.45, 7) is 7.73. The van der Waals surface area contributed by atoms with Crippen molar-refractivity contribution < 1.29 is 9.90 Å². The van der Waals surface area contributed by atoms with E-state index in [1.807, 2.05) is 64.1 Å². The third-order valence-corrected chi connectivity index (χ3v) is 4.32. The molecule has 1 aliphatic carbocycles. The van der Waals surface area contributed by atoms with Crippen LogP contribution in [0.25, 0.3) is 6.08 Å². The molecule has 1 atom stereocenters. The molecule has 1 aromatic rings. The Labute approximate surface area is 120 Å². The van der Waals surface area contributed by atoms with Gasteiger partial charge in [0.1, 0.15) is 5.60 Å². The van der Waals surface area contributed by atoms with E-state index < -0.39 is 11.0 Å². The van der Waals surface area contributed by atoms with E-state index in [0.717, 1.165) is 5.56 Å². The van der Waals surface area contributed by atoms with Crippen molar-refractivity contribution in [3.05, 3.63) is 53.1 Å². The van der Waals surface area contributed by atoms with Gasteiger partial charge in [-0.1, -0.05) is 44.2 Å². The van der Waals surface area contributed by atoms with E-state index in [-0.39, 0.29) is 5.78 Å². The highest BCUT2D eigenvalue weighted by Crippen LogP contribution is 2.44. The van der Waals surface area contributed by atoms with Gasteiger partial charge in [0.2, 0.25) is 0 Å². The van der Waals surface area contributed by atoms with Crippen LogP contribution in [-0.4, -0.2) is 16.5 Å². The Morgan fingerprint density at radius 2 is 1.85 bits per heavy atom. The molecule has 20 heavy (non-hydrogen) atoms. The third kappa shape index (κ3) is 2.48. The van der Waals surface area contributed by atoms with Crippen molar-refractivity contribution >= 4 is 11.9 Å². The normalized spacial score (nSPS) is 25.9. The fourth-order valence-electron chi connectivity index (χ4n) is 2.85. The molecule has 0 aliphatic heterocycles. The summed E-state index contributed by atoms with van der Waals surface area (Å²) in [5.74, 6) is 0.0847. The molecule has 0 radical (unpaired) electrons. The zero-order chi connectivity index (χ0) is 15.0. The van der Waals surface area contributed by atoms with E-state index in [0.29, 0.717) is 12.0 Å². The quantitative estimate of drug-likeness (QED) is 0.890. The van der Waals surface area contributed by atoms with Crippen molar-refractivity contribution in [1.82, 2.24) is 0 Å². The van der Waals surface area contributed by atoms with Gasteiger partial charge < -0.3 is 5.11 Å². The highest BCUT2D eigenvalue weighted by atomic mass is 16.3. The monoisotopic (exact) mass is 270 g/mol. The zero-order valence-electron chi connectivity index (χ0n) is 12.6. The second-order valence-electron chi connectivity index (χ2n) is 6.31. The topological polar surface area (TPSA) is 37.3 Å². The fourth-order valence-corrected chi connectivity index (χ4v) is 2.85. The Balaban J connectivity index is 2.42. The largest absolute Gasteiger partial charge is 0.381 e. The van der Waals surface area contributed by atoms with Crippen LogP contribution in [0.2, 0.25) is 0 Å². The summed E-state index contributed by atoms with van der Waals surface area (Å²) in [5.41, 5.74) is 1.38. The second kappa shape index (κ2) is 5.02. The second-order valence-corrected chi connectivity index (χ2v) is 6.31. The summed E-state index contributed by atoms with van der Waals surface area (Å²) in [5, 5.41) is 11.0. The van der Waals surface area contributed by atoms with Gasteiger partial charge in [-0.25, -0.2) is 0 Å². The Hall–Kier alpha value is -1.67. The molecule has 106 valence electrons. The summed E-state index contributed by atoms with van der Waals surface area (Å²) in [4.78, 5) is 11.7. The van der Waals surface area contributed by atoms with Gasteiger partial charge in [0.05, 0.1) is 0 Å². The van der Waals surface area contributed by atoms with Crippen molar-refractivity contribution in [3.63, 3.8) is 0 Å². The summed E-state index contributed by atoms with van der Waals surface area (Å²) in [6.07, 6.45) is 5.70. The molecule has 2 rings (SSSR count). The minimum atomic E-state index is -1.08. The molecule has 0 saturated carbocycles. The number of aryl methyl sites for hydroxylation is 1. The smallest absolute Gasteiger partial charge is 0.156 e. The molecule has 2 nitrogen and oxygen atoms in total. The number of carbonyl (C=O) groups excluding carboxylic acids is 1. The predicted octanol–water partition coefficient (Wildman–Crippen LogP) is 3.68. The lowest BCUT2D eigenvalue weighted by Crippen LogP contribution is -2.47. The number of benzene rings is 1. The summed E-state index contributed by atoms with van der Waals surface area (Å²) in [6, 6.07) is 8.04. The number of allylic oxidation sites excluding steroid dienone is 1. The molecule has 1 aromatic carbocycles. The lowest BCUT2D eigenvalue weighted by atomic mass is 9.64. The van der Waals surface area contributed by atoms with Gasteiger partial charge >= 0.3 is 0 Å². The zero-order valence-corrected chi connectivity index (χ0v) is 12.6. The minimum Gasteiger partial charge on any atom is -0.381 e. The van der Waals surface area contributed by atoms with Crippen LogP contribution in [-0.2, 0) is 4.79 Å². The lowest BCUT2D eigenvalue weighted by Gasteiger charge is -2.44. The van der Waals surface area contributed by atoms with Crippen LogP contribution in [0.4, 0.5) is 0 Å². The van der Waals surface area contributed by atoms with Gasteiger partial charge in [-0.15, -0.1) is 0 Å². The molecular weight excluding hydrogens is 248 g/mol. The SMILES string of the molecule is CC1=CC(=O)CC(C)(C)C1(O)/C=C/c1ccccc1C. The van der Waals surface area contributed by atoms with Crippen LogP contribution in [0, 0.1) is 12.3 Å². The number of aliphatic hydroxyl groups is 1. The highest BCUT2D eigenvalue weighted by Gasteiger charge is 2.46. The van der Waals surface area contributed by atoms with Gasteiger partial charge in [0.15, 0.2) is 5.78 Å². The molecule has 1 aliphatic rings. The number of hydrogen-bond donors (Lipinski definition) is 1. The maximum Gasteiger partial charge on any atom is 0.156 e. The first-order chi connectivity index (χ1) is 9.26. The van der Waals surface area contributed by atoms with Crippen molar-refractivity contribution in [2.24, 2.45) is 5.41 Å². The lowest BCUT2D eigenvalue weighted by molar-refractivity contribution is -0.121. The molecule has 0 fully saturated rings. The van der Waals surface area contributed by atoms with E-state index in [4.69, 9.17) is 0 Å².